The number of hydrogen-bond donors (Lipinski definition) is 1. The molecule has 0 aliphatic heterocycles. The van der Waals surface area contributed by atoms with E-state index < -0.39 is 0 Å². The molecule has 1 aliphatic rings. The number of benzene rings is 1. The summed E-state index contributed by atoms with van der Waals surface area (Å²) in [5, 5.41) is 9.16. The number of methoxy groups -OCH3 is 1. The molecule has 0 spiro atoms. The van der Waals surface area contributed by atoms with Crippen LogP contribution in [0.2, 0.25) is 0 Å². The van der Waals surface area contributed by atoms with Crippen LogP contribution in [-0.2, 0) is 4.74 Å². The minimum Gasteiger partial charge on any atom is -0.379 e. The number of ether oxygens (including phenoxy) is 1. The van der Waals surface area contributed by atoms with Crippen molar-refractivity contribution in [1.82, 2.24) is 9.55 Å². The lowest BCUT2D eigenvalue weighted by Gasteiger charge is -2.20. The third kappa shape index (κ3) is 1.88. The first kappa shape index (κ1) is 12.4. The molecule has 4 nitrogen and oxygen atoms in total. The SMILES string of the molecule is COC1CCCC1n1c(=S)[nH]c2c(C#N)cccc21. The number of nitriles is 1. The van der Waals surface area contributed by atoms with Crippen molar-refractivity contribution < 1.29 is 4.74 Å². The lowest BCUT2D eigenvalue weighted by atomic mass is 10.1. The quantitative estimate of drug-likeness (QED) is 0.854. The van der Waals surface area contributed by atoms with Gasteiger partial charge in [0, 0.05) is 7.11 Å². The van der Waals surface area contributed by atoms with Gasteiger partial charge in [-0.1, -0.05) is 6.07 Å². The Balaban J connectivity index is 2.22. The van der Waals surface area contributed by atoms with Crippen molar-refractivity contribution in [3.05, 3.63) is 28.5 Å². The van der Waals surface area contributed by atoms with Gasteiger partial charge in [-0.3, -0.25) is 0 Å². The highest BCUT2D eigenvalue weighted by Crippen LogP contribution is 2.35. The van der Waals surface area contributed by atoms with Gasteiger partial charge in [0.25, 0.3) is 0 Å². The van der Waals surface area contributed by atoms with E-state index in [-0.39, 0.29) is 12.1 Å². The number of aromatic amines is 1. The lowest BCUT2D eigenvalue weighted by Crippen LogP contribution is -2.20. The van der Waals surface area contributed by atoms with Crippen LogP contribution in [0.1, 0.15) is 30.9 Å². The summed E-state index contributed by atoms with van der Waals surface area (Å²) in [5.41, 5.74) is 2.46. The molecule has 0 amide bonds. The Morgan fingerprint density at radius 3 is 3.05 bits per heavy atom. The summed E-state index contributed by atoms with van der Waals surface area (Å²) < 4.78 is 8.35. The molecule has 2 atom stereocenters. The normalized spacial score (nSPS) is 22.7. The minimum absolute atomic E-state index is 0.205. The van der Waals surface area contributed by atoms with Crippen LogP contribution in [0.25, 0.3) is 11.0 Å². The molecule has 0 bridgehead atoms. The number of hydrogen-bond acceptors (Lipinski definition) is 3. The van der Waals surface area contributed by atoms with Crippen molar-refractivity contribution in [2.75, 3.05) is 7.11 Å². The molecule has 1 aromatic carbocycles. The zero-order valence-corrected chi connectivity index (χ0v) is 11.5. The fourth-order valence-corrected chi connectivity index (χ4v) is 3.38. The Bertz CT molecular complexity index is 710. The van der Waals surface area contributed by atoms with E-state index in [0.717, 1.165) is 30.3 Å². The Kier molecular flexibility index (Phi) is 3.13. The topological polar surface area (TPSA) is 53.7 Å². The van der Waals surface area contributed by atoms with Crippen LogP contribution in [0.4, 0.5) is 0 Å². The number of para-hydroxylation sites is 1. The van der Waals surface area contributed by atoms with E-state index in [1.54, 1.807) is 13.2 Å². The first-order valence-corrected chi connectivity index (χ1v) is 6.83. The highest BCUT2D eigenvalue weighted by Gasteiger charge is 2.30. The standard InChI is InChI=1S/C14H15N3OS/c1-18-12-7-3-5-10(12)17-11-6-2-4-9(8-15)13(11)16-14(17)19/h2,4,6,10,12H,3,5,7H2,1H3,(H,16,19). The number of aromatic nitrogens is 2. The van der Waals surface area contributed by atoms with Crippen LogP contribution < -0.4 is 0 Å². The van der Waals surface area contributed by atoms with Crippen molar-refractivity contribution in [3.63, 3.8) is 0 Å². The molecule has 1 aliphatic carbocycles. The summed E-state index contributed by atoms with van der Waals surface area (Å²) in [4.78, 5) is 3.17. The number of fused-ring (bicyclic) bond motifs is 1. The molecule has 2 aromatic rings. The van der Waals surface area contributed by atoms with E-state index >= 15 is 0 Å². The summed E-state index contributed by atoms with van der Waals surface area (Å²) in [6.45, 7) is 0. The molecule has 1 heterocycles. The van der Waals surface area contributed by atoms with Gasteiger partial charge in [0.15, 0.2) is 4.77 Å². The second-order valence-electron chi connectivity index (χ2n) is 4.88. The summed E-state index contributed by atoms with van der Waals surface area (Å²) in [7, 11) is 1.75. The van der Waals surface area contributed by atoms with Crippen molar-refractivity contribution in [1.29, 1.82) is 5.26 Å². The highest BCUT2D eigenvalue weighted by molar-refractivity contribution is 7.71. The molecule has 1 saturated carbocycles. The van der Waals surface area contributed by atoms with Crippen LogP contribution in [-0.4, -0.2) is 22.8 Å². The maximum absolute atomic E-state index is 9.16. The average molecular weight is 273 g/mol. The maximum atomic E-state index is 9.16. The van der Waals surface area contributed by atoms with Gasteiger partial charge < -0.3 is 14.3 Å². The predicted molar refractivity (Wildman–Crippen MR) is 75.5 cm³/mol. The van der Waals surface area contributed by atoms with Gasteiger partial charge in [0.2, 0.25) is 0 Å². The zero-order chi connectivity index (χ0) is 13.4. The highest BCUT2D eigenvalue weighted by atomic mass is 32.1. The Morgan fingerprint density at radius 1 is 1.47 bits per heavy atom. The van der Waals surface area contributed by atoms with Crippen LogP contribution in [0, 0.1) is 16.1 Å². The van der Waals surface area contributed by atoms with Crippen LogP contribution >= 0.6 is 12.2 Å². The van der Waals surface area contributed by atoms with Crippen LogP contribution in [0.15, 0.2) is 18.2 Å². The summed E-state index contributed by atoms with van der Waals surface area (Å²) >= 11 is 5.44. The number of nitrogens with zero attached hydrogens (tertiary/aromatic N) is 2. The monoisotopic (exact) mass is 273 g/mol. The van der Waals surface area contributed by atoms with Gasteiger partial charge in [0.1, 0.15) is 6.07 Å². The molecule has 3 rings (SSSR count). The van der Waals surface area contributed by atoms with E-state index in [9.17, 15) is 0 Å². The van der Waals surface area contributed by atoms with Crippen molar-refractivity contribution in [3.8, 4) is 6.07 Å². The lowest BCUT2D eigenvalue weighted by molar-refractivity contribution is 0.0758. The van der Waals surface area contributed by atoms with Gasteiger partial charge in [-0.25, -0.2) is 0 Å². The third-order valence-corrected chi connectivity index (χ3v) is 4.22. The summed E-state index contributed by atoms with van der Waals surface area (Å²) in [6.07, 6.45) is 3.48. The Hall–Kier alpha value is -1.64. The Morgan fingerprint density at radius 2 is 2.32 bits per heavy atom. The maximum Gasteiger partial charge on any atom is 0.178 e. The van der Waals surface area contributed by atoms with Crippen molar-refractivity contribution >= 4 is 23.3 Å². The van der Waals surface area contributed by atoms with E-state index in [4.69, 9.17) is 22.2 Å². The summed E-state index contributed by atoms with van der Waals surface area (Å²) in [6, 6.07) is 8.18. The largest absolute Gasteiger partial charge is 0.379 e. The molecular weight excluding hydrogens is 258 g/mol. The van der Waals surface area contributed by atoms with Gasteiger partial charge in [-0.05, 0) is 43.6 Å². The first-order valence-electron chi connectivity index (χ1n) is 6.42. The fraction of sp³-hybridized carbons (Fsp3) is 0.429. The van der Waals surface area contributed by atoms with Gasteiger partial charge in [-0.15, -0.1) is 0 Å². The number of nitrogens with one attached hydrogen (secondary N) is 1. The Labute approximate surface area is 116 Å². The molecule has 98 valence electrons. The van der Waals surface area contributed by atoms with Gasteiger partial charge in [-0.2, -0.15) is 5.26 Å². The smallest absolute Gasteiger partial charge is 0.178 e. The number of imidazole rings is 1. The first-order chi connectivity index (χ1) is 9.26. The summed E-state index contributed by atoms with van der Waals surface area (Å²) in [5.74, 6) is 0. The van der Waals surface area contributed by atoms with E-state index in [2.05, 4.69) is 15.6 Å². The average Bonchev–Trinajstić information content (AvgIpc) is 3.00. The molecule has 19 heavy (non-hydrogen) atoms. The van der Waals surface area contributed by atoms with E-state index in [0.29, 0.717) is 10.3 Å². The molecule has 1 N–H and O–H groups in total. The second kappa shape index (κ2) is 4.80. The number of rotatable bonds is 2. The second-order valence-corrected chi connectivity index (χ2v) is 5.27. The van der Waals surface area contributed by atoms with Crippen molar-refractivity contribution in [2.45, 2.75) is 31.4 Å². The predicted octanol–water partition coefficient (Wildman–Crippen LogP) is 3.31. The molecule has 0 saturated heterocycles. The zero-order valence-electron chi connectivity index (χ0n) is 10.7. The van der Waals surface area contributed by atoms with Gasteiger partial charge in [0.05, 0.1) is 28.7 Å². The van der Waals surface area contributed by atoms with Crippen LogP contribution in [0.3, 0.4) is 0 Å². The molecule has 2 unspecified atom stereocenters. The van der Waals surface area contributed by atoms with Gasteiger partial charge >= 0.3 is 0 Å². The fourth-order valence-electron chi connectivity index (χ4n) is 3.05. The molecule has 1 fully saturated rings. The minimum atomic E-state index is 0.205. The number of H-pyrrole nitrogens is 1. The van der Waals surface area contributed by atoms with Crippen LogP contribution in [0.5, 0.6) is 0 Å². The van der Waals surface area contributed by atoms with E-state index in [1.807, 2.05) is 12.1 Å². The molecule has 1 aromatic heterocycles. The third-order valence-electron chi connectivity index (χ3n) is 3.93. The molecular formula is C14H15N3OS. The molecule has 0 radical (unpaired) electrons. The van der Waals surface area contributed by atoms with Crippen molar-refractivity contribution in [2.24, 2.45) is 0 Å². The molecule has 5 heteroatoms. The van der Waals surface area contributed by atoms with E-state index in [1.165, 1.54) is 0 Å².